The minimum atomic E-state index is -1.18. The van der Waals surface area contributed by atoms with Crippen molar-refractivity contribution >= 4 is 20.2 Å². The fourth-order valence-electron chi connectivity index (χ4n) is 5.03. The molecular weight excluding hydrogens is 466 g/mol. The van der Waals surface area contributed by atoms with Gasteiger partial charge >= 0.3 is 26.2 Å². The van der Waals surface area contributed by atoms with Crippen molar-refractivity contribution in [2.45, 2.75) is 36.0 Å². The van der Waals surface area contributed by atoms with E-state index < -0.39 is 8.07 Å². The molecule has 4 heteroatoms. The number of allylic oxidation sites excluding steroid dienone is 2. The first-order valence-corrected chi connectivity index (χ1v) is 12.2. The molecule has 0 amide bonds. The van der Waals surface area contributed by atoms with E-state index in [2.05, 4.69) is 92.3 Å². The standard InChI is InChI=1S/C23H23Si.2ClH.Zr/c1-24(2)22(15-18-12-11-16-7-3-5-9-19(16)18)23(24)21-14-13-17-8-4-6-10-20(17)21;;;/h3-15,18,21-23H,1-2H3;2*1H;/q-1;;;+3/p-2. The molecule has 0 bridgehead atoms. The van der Waals surface area contributed by atoms with Gasteiger partial charge in [-0.2, -0.15) is 5.54 Å². The van der Waals surface area contributed by atoms with Gasteiger partial charge in [0.05, 0.1) is 0 Å². The summed E-state index contributed by atoms with van der Waals surface area (Å²) in [7, 11) is -1.18. The molecule has 27 heavy (non-hydrogen) atoms. The van der Waals surface area contributed by atoms with Crippen molar-refractivity contribution in [3.05, 3.63) is 89.4 Å². The summed E-state index contributed by atoms with van der Waals surface area (Å²) in [5.41, 5.74) is 7.57. The van der Waals surface area contributed by atoms with Gasteiger partial charge in [0, 0.05) is 14.0 Å². The summed E-state index contributed by atoms with van der Waals surface area (Å²) in [4.78, 5) is 0. The predicted octanol–water partition coefficient (Wildman–Crippen LogP) is 0.280. The maximum absolute atomic E-state index is 2.67. The summed E-state index contributed by atoms with van der Waals surface area (Å²) in [6.07, 6.45) is 12.2. The number of halogens is 2. The van der Waals surface area contributed by atoms with Crippen molar-refractivity contribution in [2.24, 2.45) is 0 Å². The second-order valence-electron chi connectivity index (χ2n) is 8.09. The molecule has 1 aliphatic heterocycles. The third-order valence-corrected chi connectivity index (χ3v) is 10.8. The zero-order valence-corrected chi connectivity index (χ0v) is 20.5. The Balaban J connectivity index is 0.000000871. The van der Waals surface area contributed by atoms with Crippen LogP contribution in [-0.4, -0.2) is 8.07 Å². The van der Waals surface area contributed by atoms with Crippen molar-refractivity contribution < 1.29 is 51.0 Å². The topological polar surface area (TPSA) is 0 Å². The van der Waals surface area contributed by atoms with E-state index in [1.165, 1.54) is 16.7 Å². The molecular formula is C23H23Cl2SiZr. The summed E-state index contributed by atoms with van der Waals surface area (Å²) in [5, 5.41) is 0. The van der Waals surface area contributed by atoms with Gasteiger partial charge in [-0.3, -0.25) is 0 Å². The van der Waals surface area contributed by atoms with Crippen molar-refractivity contribution in [3.8, 4) is 0 Å². The maximum atomic E-state index is 2.67. The number of hydrogen-bond acceptors (Lipinski definition) is 0. The fourth-order valence-corrected chi connectivity index (χ4v) is 9.71. The van der Waals surface area contributed by atoms with Crippen LogP contribution in [0.1, 0.15) is 34.1 Å². The number of hydrogen-bond donors (Lipinski definition) is 0. The second kappa shape index (κ2) is 8.54. The van der Waals surface area contributed by atoms with Crippen LogP contribution < -0.4 is 24.8 Å². The average molecular weight is 490 g/mol. The molecule has 1 fully saturated rings. The Morgan fingerprint density at radius 1 is 0.778 bits per heavy atom. The van der Waals surface area contributed by atoms with E-state index in [0.29, 0.717) is 11.8 Å². The molecule has 5 rings (SSSR count). The first-order chi connectivity index (χ1) is 11.7. The normalized spacial score (nSPS) is 27.6. The van der Waals surface area contributed by atoms with Crippen LogP contribution in [0.3, 0.4) is 0 Å². The van der Waals surface area contributed by atoms with Gasteiger partial charge in [-0.15, -0.1) is 12.0 Å². The zero-order chi connectivity index (χ0) is 16.3. The Morgan fingerprint density at radius 2 is 1.33 bits per heavy atom. The van der Waals surface area contributed by atoms with Gasteiger partial charge in [0.15, 0.2) is 0 Å². The summed E-state index contributed by atoms with van der Waals surface area (Å²) >= 11 is 0. The van der Waals surface area contributed by atoms with Crippen LogP contribution in [-0.2, 0) is 26.2 Å². The molecule has 0 aromatic heterocycles. The van der Waals surface area contributed by atoms with E-state index in [1.807, 2.05) is 0 Å². The molecule has 1 saturated heterocycles. The molecule has 2 aliphatic carbocycles. The average Bonchev–Trinajstić information content (AvgIpc) is 2.98. The predicted molar refractivity (Wildman–Crippen MR) is 106 cm³/mol. The van der Waals surface area contributed by atoms with Crippen LogP contribution in [0.2, 0.25) is 24.2 Å². The molecule has 4 unspecified atom stereocenters. The van der Waals surface area contributed by atoms with E-state index in [-0.39, 0.29) is 51.0 Å². The van der Waals surface area contributed by atoms with Crippen molar-refractivity contribution in [1.82, 2.24) is 0 Å². The van der Waals surface area contributed by atoms with Crippen LogP contribution in [0.5, 0.6) is 0 Å². The number of benzene rings is 2. The molecule has 1 heterocycles. The van der Waals surface area contributed by atoms with E-state index in [1.54, 1.807) is 5.56 Å². The van der Waals surface area contributed by atoms with Gasteiger partial charge < -0.3 is 31.2 Å². The molecule has 0 saturated carbocycles. The van der Waals surface area contributed by atoms with E-state index >= 15 is 0 Å². The maximum Gasteiger partial charge on any atom is 3.00 e. The second-order valence-corrected chi connectivity index (χ2v) is 13.1. The quantitative estimate of drug-likeness (QED) is 0.429. The van der Waals surface area contributed by atoms with Gasteiger partial charge in [0.25, 0.3) is 0 Å². The van der Waals surface area contributed by atoms with E-state index in [0.717, 1.165) is 11.1 Å². The largest absolute Gasteiger partial charge is 3.00 e. The van der Waals surface area contributed by atoms with Crippen LogP contribution in [0.25, 0.3) is 12.2 Å². The molecule has 137 valence electrons. The van der Waals surface area contributed by atoms with E-state index in [4.69, 9.17) is 0 Å². The Bertz CT molecular complexity index is 874. The summed E-state index contributed by atoms with van der Waals surface area (Å²) in [6.45, 7) is 5.16. The third-order valence-electron chi connectivity index (χ3n) is 6.47. The molecule has 0 nitrogen and oxygen atoms in total. The SMILES string of the molecule is C[Si]1(C)C([CH-]C2C=Cc3ccccc32)C1C1C=Cc2ccccc21.[Cl-].[Cl-].[Zr+3]. The number of rotatable bonds is 3. The Labute approximate surface area is 195 Å². The van der Waals surface area contributed by atoms with Gasteiger partial charge in [0.1, 0.15) is 0 Å². The summed E-state index contributed by atoms with van der Waals surface area (Å²) in [5.74, 6) is 1.16. The molecule has 2 aromatic rings. The molecule has 2 aromatic carbocycles. The molecule has 4 atom stereocenters. The molecule has 0 spiro atoms. The third kappa shape index (κ3) is 3.76. The fraction of sp³-hybridized carbons (Fsp3) is 0.261. The Hall–Kier alpha value is -0.400. The van der Waals surface area contributed by atoms with Crippen molar-refractivity contribution in [1.29, 1.82) is 0 Å². The Kier molecular flexibility index (Phi) is 7.24. The van der Waals surface area contributed by atoms with Crippen LogP contribution in [0.4, 0.5) is 0 Å². The van der Waals surface area contributed by atoms with Gasteiger partial charge in [-0.1, -0.05) is 91.0 Å². The van der Waals surface area contributed by atoms with Crippen molar-refractivity contribution in [3.63, 3.8) is 0 Å². The first kappa shape index (κ1) is 22.9. The smallest absolute Gasteiger partial charge is 1.00 e. The zero-order valence-electron chi connectivity index (χ0n) is 15.6. The Morgan fingerprint density at radius 3 is 2.04 bits per heavy atom. The van der Waals surface area contributed by atoms with Crippen molar-refractivity contribution in [2.75, 3.05) is 0 Å². The van der Waals surface area contributed by atoms with E-state index in [9.17, 15) is 0 Å². The minimum absolute atomic E-state index is 0. The van der Waals surface area contributed by atoms with Crippen LogP contribution in [0, 0.1) is 6.42 Å². The monoisotopic (exact) mass is 487 g/mol. The van der Waals surface area contributed by atoms with Gasteiger partial charge in [0.2, 0.25) is 0 Å². The summed E-state index contributed by atoms with van der Waals surface area (Å²) in [6, 6.07) is 17.8. The molecule has 3 aliphatic rings. The molecule has 0 N–H and O–H groups in total. The van der Waals surface area contributed by atoms with Crippen LogP contribution in [0.15, 0.2) is 60.7 Å². The van der Waals surface area contributed by atoms with Gasteiger partial charge in [-0.05, 0) is 16.7 Å². The minimum Gasteiger partial charge on any atom is -1.00 e. The van der Waals surface area contributed by atoms with Crippen LogP contribution >= 0.6 is 0 Å². The number of fused-ring (bicyclic) bond motifs is 2. The summed E-state index contributed by atoms with van der Waals surface area (Å²) < 4.78 is 0. The van der Waals surface area contributed by atoms with Gasteiger partial charge in [-0.25, -0.2) is 0 Å². The first-order valence-electron chi connectivity index (χ1n) is 9.05. The molecule has 1 radical (unpaired) electrons.